The Morgan fingerprint density at radius 2 is 2.00 bits per heavy atom. The molecule has 0 aliphatic heterocycles. The Bertz CT molecular complexity index is 231. The highest BCUT2D eigenvalue weighted by Crippen LogP contribution is 2.02. The molecule has 0 radical (unpaired) electrons. The Balaban J connectivity index is 3.86. The van der Waals surface area contributed by atoms with Crippen molar-refractivity contribution >= 4 is 11.9 Å². The summed E-state index contributed by atoms with van der Waals surface area (Å²) in [7, 11) is 1.71. The lowest BCUT2D eigenvalue weighted by Gasteiger charge is -2.20. The van der Waals surface area contributed by atoms with E-state index in [9.17, 15) is 9.59 Å². The number of unbranched alkanes of at least 4 members (excludes halogenated alkanes) is 2. The largest absolute Gasteiger partial charge is 0.481 e. The highest BCUT2D eigenvalue weighted by atomic mass is 16.4. The molecule has 0 aromatic carbocycles. The van der Waals surface area contributed by atoms with E-state index in [-0.39, 0.29) is 18.7 Å². The molecule has 0 saturated carbocycles. The van der Waals surface area contributed by atoms with Gasteiger partial charge >= 0.3 is 5.97 Å². The summed E-state index contributed by atoms with van der Waals surface area (Å²) in [6.07, 6.45) is 3.29. The second-order valence-electron chi connectivity index (χ2n) is 4.01. The fraction of sp³-hybridized carbons (Fsp3) is 0.818. The predicted octanol–water partition coefficient (Wildman–Crippen LogP) is 0.827. The average molecular weight is 230 g/mol. The minimum atomic E-state index is -0.920. The summed E-state index contributed by atoms with van der Waals surface area (Å²) in [5.74, 6) is -1.09. The molecule has 0 aliphatic carbocycles. The molecular weight excluding hydrogens is 208 g/mol. The van der Waals surface area contributed by atoms with Crippen LogP contribution in [-0.2, 0) is 9.59 Å². The van der Waals surface area contributed by atoms with Gasteiger partial charge in [-0.2, -0.15) is 0 Å². The SMILES string of the molecule is CCCCCN(C)C(=O)C(N)CCC(=O)O. The van der Waals surface area contributed by atoms with E-state index in [0.29, 0.717) is 6.54 Å². The van der Waals surface area contributed by atoms with Gasteiger partial charge in [0.1, 0.15) is 0 Å². The summed E-state index contributed by atoms with van der Waals surface area (Å²) >= 11 is 0. The number of nitrogens with two attached hydrogens (primary N) is 1. The first-order valence-corrected chi connectivity index (χ1v) is 5.71. The van der Waals surface area contributed by atoms with Crippen LogP contribution in [0.15, 0.2) is 0 Å². The second kappa shape index (κ2) is 8.10. The molecule has 94 valence electrons. The van der Waals surface area contributed by atoms with Crippen molar-refractivity contribution in [1.82, 2.24) is 4.90 Å². The summed E-state index contributed by atoms with van der Waals surface area (Å²) < 4.78 is 0. The lowest BCUT2D eigenvalue weighted by molar-refractivity contribution is -0.137. The predicted molar refractivity (Wildman–Crippen MR) is 62.0 cm³/mol. The number of aliphatic carboxylic acids is 1. The van der Waals surface area contributed by atoms with Gasteiger partial charge in [-0.05, 0) is 12.8 Å². The van der Waals surface area contributed by atoms with Crippen molar-refractivity contribution in [3.63, 3.8) is 0 Å². The third kappa shape index (κ3) is 6.40. The molecule has 0 fully saturated rings. The third-order valence-electron chi connectivity index (χ3n) is 2.46. The molecule has 0 bridgehead atoms. The summed E-state index contributed by atoms with van der Waals surface area (Å²) in [4.78, 5) is 23.6. The van der Waals surface area contributed by atoms with Crippen LogP contribution in [0, 0.1) is 0 Å². The van der Waals surface area contributed by atoms with Crippen LogP contribution in [-0.4, -0.2) is 41.5 Å². The van der Waals surface area contributed by atoms with E-state index < -0.39 is 12.0 Å². The summed E-state index contributed by atoms with van der Waals surface area (Å²) in [5.41, 5.74) is 5.62. The molecule has 0 aliphatic rings. The topological polar surface area (TPSA) is 83.6 Å². The van der Waals surface area contributed by atoms with Crippen molar-refractivity contribution in [3.8, 4) is 0 Å². The maximum Gasteiger partial charge on any atom is 0.303 e. The molecule has 5 nitrogen and oxygen atoms in total. The zero-order valence-electron chi connectivity index (χ0n) is 10.1. The van der Waals surface area contributed by atoms with Gasteiger partial charge in [0, 0.05) is 20.0 Å². The molecule has 5 heteroatoms. The zero-order valence-corrected chi connectivity index (χ0v) is 10.1. The fourth-order valence-corrected chi connectivity index (χ4v) is 1.39. The Hall–Kier alpha value is -1.10. The van der Waals surface area contributed by atoms with Crippen LogP contribution in [0.1, 0.15) is 39.0 Å². The molecule has 1 unspecified atom stereocenters. The molecule has 16 heavy (non-hydrogen) atoms. The number of hydrogen-bond acceptors (Lipinski definition) is 3. The van der Waals surface area contributed by atoms with Crippen molar-refractivity contribution < 1.29 is 14.7 Å². The van der Waals surface area contributed by atoms with Crippen LogP contribution < -0.4 is 5.73 Å². The monoisotopic (exact) mass is 230 g/mol. The molecule has 1 amide bonds. The number of carboxylic acid groups (broad SMARTS) is 1. The van der Waals surface area contributed by atoms with Crippen molar-refractivity contribution in [2.45, 2.75) is 45.1 Å². The summed E-state index contributed by atoms with van der Waals surface area (Å²) in [5, 5.41) is 8.48. The van der Waals surface area contributed by atoms with Gasteiger partial charge in [-0.15, -0.1) is 0 Å². The first kappa shape index (κ1) is 14.9. The van der Waals surface area contributed by atoms with Gasteiger partial charge in [-0.25, -0.2) is 0 Å². The molecule has 0 saturated heterocycles. The highest BCUT2D eigenvalue weighted by Gasteiger charge is 2.18. The van der Waals surface area contributed by atoms with Gasteiger partial charge in [0.2, 0.25) is 5.91 Å². The normalized spacial score (nSPS) is 12.2. The number of nitrogens with zero attached hydrogens (tertiary/aromatic N) is 1. The van der Waals surface area contributed by atoms with Crippen LogP contribution >= 0.6 is 0 Å². The molecule has 0 aromatic heterocycles. The van der Waals surface area contributed by atoms with E-state index in [1.54, 1.807) is 11.9 Å². The van der Waals surface area contributed by atoms with E-state index in [1.165, 1.54) is 0 Å². The average Bonchev–Trinajstić information content (AvgIpc) is 2.24. The van der Waals surface area contributed by atoms with Gasteiger partial charge in [0.25, 0.3) is 0 Å². The van der Waals surface area contributed by atoms with Crippen LogP contribution in [0.4, 0.5) is 0 Å². The molecule has 0 spiro atoms. The third-order valence-corrected chi connectivity index (χ3v) is 2.46. The molecule has 0 heterocycles. The summed E-state index contributed by atoms with van der Waals surface area (Å²) in [6, 6.07) is -0.692. The standard InChI is InChI=1S/C11H22N2O3/c1-3-4-5-8-13(2)11(16)9(12)6-7-10(14)15/h9H,3-8,12H2,1-2H3,(H,14,15). The maximum atomic E-state index is 11.7. The number of likely N-dealkylation sites (N-methyl/N-ethyl adjacent to an activating group) is 1. The Morgan fingerprint density at radius 3 is 2.50 bits per heavy atom. The van der Waals surface area contributed by atoms with E-state index in [4.69, 9.17) is 10.8 Å². The Kier molecular flexibility index (Phi) is 7.54. The first-order chi connectivity index (χ1) is 7.49. The van der Waals surface area contributed by atoms with Crippen molar-refractivity contribution in [2.24, 2.45) is 5.73 Å². The van der Waals surface area contributed by atoms with Gasteiger partial charge < -0.3 is 15.7 Å². The zero-order chi connectivity index (χ0) is 12.6. The Morgan fingerprint density at radius 1 is 1.38 bits per heavy atom. The van der Waals surface area contributed by atoms with Crippen molar-refractivity contribution in [2.75, 3.05) is 13.6 Å². The highest BCUT2D eigenvalue weighted by molar-refractivity contribution is 5.82. The number of rotatable bonds is 8. The molecular formula is C11H22N2O3. The molecule has 0 rings (SSSR count). The minimum Gasteiger partial charge on any atom is -0.481 e. The minimum absolute atomic E-state index is 0.0598. The van der Waals surface area contributed by atoms with Crippen molar-refractivity contribution in [3.05, 3.63) is 0 Å². The lowest BCUT2D eigenvalue weighted by atomic mass is 10.1. The van der Waals surface area contributed by atoms with Crippen LogP contribution in [0.25, 0.3) is 0 Å². The van der Waals surface area contributed by atoms with E-state index in [2.05, 4.69) is 6.92 Å². The van der Waals surface area contributed by atoms with Gasteiger partial charge in [-0.3, -0.25) is 9.59 Å². The van der Waals surface area contributed by atoms with E-state index in [1.807, 2.05) is 0 Å². The van der Waals surface area contributed by atoms with Crippen molar-refractivity contribution in [1.29, 1.82) is 0 Å². The van der Waals surface area contributed by atoms with Crippen LogP contribution in [0.3, 0.4) is 0 Å². The summed E-state index contributed by atoms with van der Waals surface area (Å²) in [6.45, 7) is 2.79. The van der Waals surface area contributed by atoms with Gasteiger partial charge in [-0.1, -0.05) is 19.8 Å². The number of carbonyl (C=O) groups excluding carboxylic acids is 1. The molecule has 3 N–H and O–H groups in total. The quantitative estimate of drug-likeness (QED) is 0.605. The number of carbonyl (C=O) groups is 2. The van der Waals surface area contributed by atoms with Crippen LogP contribution in [0.5, 0.6) is 0 Å². The second-order valence-corrected chi connectivity index (χ2v) is 4.01. The number of hydrogen-bond donors (Lipinski definition) is 2. The maximum absolute atomic E-state index is 11.7. The Labute approximate surface area is 96.6 Å². The molecule has 0 aromatic rings. The number of amides is 1. The van der Waals surface area contributed by atoms with E-state index in [0.717, 1.165) is 19.3 Å². The smallest absolute Gasteiger partial charge is 0.303 e. The first-order valence-electron chi connectivity index (χ1n) is 5.71. The van der Waals surface area contributed by atoms with E-state index >= 15 is 0 Å². The fourth-order valence-electron chi connectivity index (χ4n) is 1.39. The van der Waals surface area contributed by atoms with Gasteiger partial charge in [0.05, 0.1) is 6.04 Å². The molecule has 1 atom stereocenters. The van der Waals surface area contributed by atoms with Gasteiger partial charge in [0.15, 0.2) is 0 Å². The number of carboxylic acids is 1. The lowest BCUT2D eigenvalue weighted by Crippen LogP contribution is -2.42. The van der Waals surface area contributed by atoms with Crippen LogP contribution in [0.2, 0.25) is 0 Å².